The molecule has 1 aliphatic heterocycles. The summed E-state index contributed by atoms with van der Waals surface area (Å²) in [6.45, 7) is 8.34. The van der Waals surface area contributed by atoms with E-state index in [4.69, 9.17) is 4.74 Å². The molecule has 0 aliphatic carbocycles. The quantitative estimate of drug-likeness (QED) is 0.516. The summed E-state index contributed by atoms with van der Waals surface area (Å²) in [5.74, 6) is 0.700. The first kappa shape index (κ1) is 20.2. The lowest BCUT2D eigenvalue weighted by Crippen LogP contribution is -2.45. The first-order valence-electron chi connectivity index (χ1n) is 9.44. The van der Waals surface area contributed by atoms with E-state index in [1.165, 1.54) is 0 Å². The van der Waals surface area contributed by atoms with Crippen molar-refractivity contribution < 1.29 is 9.53 Å². The Morgan fingerprint density at radius 2 is 2.19 bits per heavy atom. The van der Waals surface area contributed by atoms with Gasteiger partial charge in [0, 0.05) is 38.3 Å². The molecule has 0 bridgehead atoms. The second kappa shape index (κ2) is 9.57. The van der Waals surface area contributed by atoms with Gasteiger partial charge in [0.2, 0.25) is 0 Å². The van der Waals surface area contributed by atoms with Crippen LogP contribution in [-0.2, 0) is 11.3 Å². The van der Waals surface area contributed by atoms with Crippen LogP contribution in [-0.4, -0.2) is 43.7 Å². The Balaban J connectivity index is 1.87. The molecule has 1 amide bonds. The van der Waals surface area contributed by atoms with Crippen LogP contribution < -0.4 is 16.0 Å². The fourth-order valence-electron chi connectivity index (χ4n) is 2.89. The normalized spacial score (nSPS) is 21.3. The van der Waals surface area contributed by atoms with Crippen molar-refractivity contribution >= 4 is 11.9 Å². The largest absolute Gasteiger partial charge is 0.373 e. The number of ether oxygens (including phenoxy) is 1. The zero-order chi connectivity index (χ0) is 19.0. The smallest absolute Gasteiger partial charge is 0.251 e. The number of hydrogen-bond donors (Lipinski definition) is 3. The molecule has 3 N–H and O–H groups in total. The van der Waals surface area contributed by atoms with E-state index in [0.717, 1.165) is 43.9 Å². The fraction of sp³-hybridized carbons (Fsp3) is 0.600. The highest BCUT2D eigenvalue weighted by Crippen LogP contribution is 2.23. The van der Waals surface area contributed by atoms with E-state index in [0.29, 0.717) is 12.1 Å². The summed E-state index contributed by atoms with van der Waals surface area (Å²) in [7, 11) is 1.75. The number of nitrogens with one attached hydrogen (secondary N) is 3. The molecule has 1 heterocycles. The summed E-state index contributed by atoms with van der Waals surface area (Å²) >= 11 is 0. The molecule has 1 saturated heterocycles. The summed E-state index contributed by atoms with van der Waals surface area (Å²) in [6, 6.07) is 7.84. The number of aliphatic imine (C=N–C) groups is 1. The average molecular weight is 361 g/mol. The van der Waals surface area contributed by atoms with Gasteiger partial charge in [-0.3, -0.25) is 9.79 Å². The third-order valence-corrected chi connectivity index (χ3v) is 4.79. The van der Waals surface area contributed by atoms with Gasteiger partial charge in [0.05, 0.1) is 5.60 Å². The molecule has 1 aromatic rings. The number of rotatable bonds is 7. The minimum Gasteiger partial charge on any atom is -0.373 e. The predicted octanol–water partition coefficient (Wildman–Crippen LogP) is 2.45. The van der Waals surface area contributed by atoms with Crippen LogP contribution in [0.25, 0.3) is 0 Å². The predicted molar refractivity (Wildman–Crippen MR) is 105 cm³/mol. The van der Waals surface area contributed by atoms with Gasteiger partial charge in [-0.2, -0.15) is 0 Å². The minimum atomic E-state index is -0.119. The monoisotopic (exact) mass is 360 g/mol. The Morgan fingerprint density at radius 3 is 2.85 bits per heavy atom. The van der Waals surface area contributed by atoms with Crippen LogP contribution in [0.3, 0.4) is 0 Å². The fourth-order valence-corrected chi connectivity index (χ4v) is 2.89. The van der Waals surface area contributed by atoms with Crippen molar-refractivity contribution in [1.29, 1.82) is 0 Å². The first-order valence-corrected chi connectivity index (χ1v) is 9.44. The van der Waals surface area contributed by atoms with E-state index in [1.54, 1.807) is 7.05 Å². The Morgan fingerprint density at radius 1 is 1.38 bits per heavy atom. The molecular weight excluding hydrogens is 328 g/mol. The number of carbonyl (C=O) groups excluding carboxylic acids is 1. The zero-order valence-electron chi connectivity index (χ0n) is 16.4. The Bertz CT molecular complexity index is 624. The van der Waals surface area contributed by atoms with E-state index in [9.17, 15) is 4.79 Å². The van der Waals surface area contributed by atoms with Gasteiger partial charge in [-0.1, -0.05) is 19.1 Å². The Hall–Kier alpha value is -2.08. The highest BCUT2D eigenvalue weighted by molar-refractivity contribution is 5.94. The Labute approximate surface area is 156 Å². The lowest BCUT2D eigenvalue weighted by molar-refractivity contribution is 0.0243. The van der Waals surface area contributed by atoms with Gasteiger partial charge in [0.1, 0.15) is 0 Å². The molecule has 1 aromatic carbocycles. The third kappa shape index (κ3) is 6.02. The molecule has 0 aromatic heterocycles. The summed E-state index contributed by atoms with van der Waals surface area (Å²) < 4.78 is 5.79. The molecule has 6 nitrogen and oxygen atoms in total. The third-order valence-electron chi connectivity index (χ3n) is 4.79. The molecule has 144 valence electrons. The standard InChI is InChI=1S/C20H32N4O2/c1-5-15(2)24-18(25)17-9-6-8-16(12-17)13-22-19(21-4)23-14-20(3)10-7-11-26-20/h6,8-9,12,15H,5,7,10-11,13-14H2,1-4H3,(H,24,25)(H2,21,22,23). The van der Waals surface area contributed by atoms with Crippen molar-refractivity contribution in [3.05, 3.63) is 35.4 Å². The van der Waals surface area contributed by atoms with Crippen molar-refractivity contribution in [3.63, 3.8) is 0 Å². The number of amides is 1. The molecular formula is C20H32N4O2. The lowest BCUT2D eigenvalue weighted by Gasteiger charge is -2.24. The summed E-state index contributed by atoms with van der Waals surface area (Å²) in [5.41, 5.74) is 1.60. The van der Waals surface area contributed by atoms with Crippen molar-refractivity contribution in [2.75, 3.05) is 20.2 Å². The van der Waals surface area contributed by atoms with E-state index < -0.39 is 0 Å². The highest BCUT2D eigenvalue weighted by atomic mass is 16.5. The molecule has 0 radical (unpaired) electrons. The molecule has 26 heavy (non-hydrogen) atoms. The zero-order valence-corrected chi connectivity index (χ0v) is 16.4. The van der Waals surface area contributed by atoms with Gasteiger partial charge in [-0.15, -0.1) is 0 Å². The van der Waals surface area contributed by atoms with Crippen LogP contribution in [0, 0.1) is 0 Å². The van der Waals surface area contributed by atoms with Crippen molar-refractivity contribution in [2.24, 2.45) is 4.99 Å². The maximum atomic E-state index is 12.3. The lowest BCUT2D eigenvalue weighted by atomic mass is 10.0. The molecule has 1 fully saturated rings. The molecule has 1 aliphatic rings. The second-order valence-corrected chi connectivity index (χ2v) is 7.16. The van der Waals surface area contributed by atoms with E-state index >= 15 is 0 Å². The summed E-state index contributed by atoms with van der Waals surface area (Å²) in [6.07, 6.45) is 3.08. The number of hydrogen-bond acceptors (Lipinski definition) is 3. The number of benzene rings is 1. The van der Waals surface area contributed by atoms with E-state index in [1.807, 2.05) is 31.2 Å². The summed E-state index contributed by atoms with van der Waals surface area (Å²) in [5, 5.41) is 9.62. The molecule has 0 spiro atoms. The van der Waals surface area contributed by atoms with Crippen molar-refractivity contribution in [3.8, 4) is 0 Å². The maximum absolute atomic E-state index is 12.3. The van der Waals surface area contributed by atoms with Crippen molar-refractivity contribution in [1.82, 2.24) is 16.0 Å². The van der Waals surface area contributed by atoms with Crippen molar-refractivity contribution in [2.45, 2.75) is 58.2 Å². The maximum Gasteiger partial charge on any atom is 0.251 e. The molecule has 2 atom stereocenters. The second-order valence-electron chi connectivity index (χ2n) is 7.16. The van der Waals surface area contributed by atoms with Crippen LogP contribution in [0.15, 0.2) is 29.3 Å². The van der Waals surface area contributed by atoms with Crippen LogP contribution in [0.5, 0.6) is 0 Å². The van der Waals surface area contributed by atoms with Gasteiger partial charge in [-0.05, 0) is 50.8 Å². The average Bonchev–Trinajstić information content (AvgIpc) is 3.08. The topological polar surface area (TPSA) is 74.8 Å². The molecule has 6 heteroatoms. The van der Waals surface area contributed by atoms with Crippen LogP contribution in [0.2, 0.25) is 0 Å². The van der Waals surface area contributed by atoms with Crippen LogP contribution in [0.4, 0.5) is 0 Å². The first-order chi connectivity index (χ1) is 12.5. The Kier molecular flexibility index (Phi) is 7.45. The minimum absolute atomic E-state index is 0.0324. The molecule has 0 saturated carbocycles. The van der Waals surface area contributed by atoms with Gasteiger partial charge in [-0.25, -0.2) is 0 Å². The van der Waals surface area contributed by atoms with Gasteiger partial charge < -0.3 is 20.7 Å². The SMILES string of the molecule is CCC(C)NC(=O)c1cccc(CNC(=NC)NCC2(C)CCCO2)c1. The molecule has 2 rings (SSSR count). The van der Waals surface area contributed by atoms with Crippen LogP contribution in [0.1, 0.15) is 56.0 Å². The number of nitrogens with zero attached hydrogens (tertiary/aromatic N) is 1. The molecule has 2 unspecified atom stereocenters. The van der Waals surface area contributed by atoms with E-state index in [-0.39, 0.29) is 17.6 Å². The number of guanidine groups is 1. The van der Waals surface area contributed by atoms with Crippen LogP contribution >= 0.6 is 0 Å². The number of carbonyl (C=O) groups is 1. The summed E-state index contributed by atoms with van der Waals surface area (Å²) in [4.78, 5) is 16.5. The highest BCUT2D eigenvalue weighted by Gasteiger charge is 2.29. The van der Waals surface area contributed by atoms with Gasteiger partial charge in [0.15, 0.2) is 5.96 Å². The van der Waals surface area contributed by atoms with Gasteiger partial charge in [0.25, 0.3) is 5.91 Å². The van der Waals surface area contributed by atoms with E-state index in [2.05, 4.69) is 34.8 Å². The van der Waals surface area contributed by atoms with Gasteiger partial charge >= 0.3 is 0 Å².